The summed E-state index contributed by atoms with van der Waals surface area (Å²) in [5.74, 6) is 0. The number of aliphatic hydroxyl groups is 1. The maximum atomic E-state index is 9.76. The van der Waals surface area contributed by atoms with Crippen LogP contribution in [0.1, 0.15) is 32.1 Å². The zero-order chi connectivity index (χ0) is 13.0. The van der Waals surface area contributed by atoms with Gasteiger partial charge in [-0.05, 0) is 12.8 Å². The van der Waals surface area contributed by atoms with Crippen molar-refractivity contribution in [3.05, 3.63) is 0 Å². The van der Waals surface area contributed by atoms with Crippen LogP contribution in [0.25, 0.3) is 0 Å². The van der Waals surface area contributed by atoms with Gasteiger partial charge in [0.25, 0.3) is 0 Å². The number of rotatable bonds is 5. The van der Waals surface area contributed by atoms with E-state index in [2.05, 4.69) is 4.90 Å². The van der Waals surface area contributed by atoms with Crippen LogP contribution in [-0.2, 0) is 9.47 Å². The first-order valence-corrected chi connectivity index (χ1v) is 7.12. The zero-order valence-corrected chi connectivity index (χ0v) is 11.7. The highest BCUT2D eigenvalue weighted by molar-refractivity contribution is 4.92. The van der Waals surface area contributed by atoms with Gasteiger partial charge in [0, 0.05) is 45.9 Å². The fourth-order valence-corrected chi connectivity index (χ4v) is 3.54. The second-order valence-electron chi connectivity index (χ2n) is 5.96. The second kappa shape index (κ2) is 6.33. The van der Waals surface area contributed by atoms with E-state index in [9.17, 15) is 5.11 Å². The van der Waals surface area contributed by atoms with Gasteiger partial charge in [-0.1, -0.05) is 19.3 Å². The Kier molecular flexibility index (Phi) is 5.01. The van der Waals surface area contributed by atoms with Crippen molar-refractivity contribution in [3.63, 3.8) is 0 Å². The number of methoxy groups -OCH3 is 2. The Hall–Kier alpha value is -0.160. The van der Waals surface area contributed by atoms with Crippen molar-refractivity contribution >= 4 is 0 Å². The monoisotopic (exact) mass is 257 g/mol. The summed E-state index contributed by atoms with van der Waals surface area (Å²) >= 11 is 0. The smallest absolute Gasteiger partial charge is 0.0971 e. The van der Waals surface area contributed by atoms with Gasteiger partial charge < -0.3 is 14.6 Å². The normalized spacial score (nSPS) is 32.8. The largest absolute Gasteiger partial charge is 0.396 e. The molecule has 1 saturated heterocycles. The van der Waals surface area contributed by atoms with Crippen molar-refractivity contribution in [2.75, 3.05) is 40.5 Å². The minimum atomic E-state index is 0.124. The summed E-state index contributed by atoms with van der Waals surface area (Å²) in [6.07, 6.45) is 6.52. The molecule has 0 spiro atoms. The van der Waals surface area contributed by atoms with Crippen LogP contribution >= 0.6 is 0 Å². The Morgan fingerprint density at radius 3 is 2.06 bits per heavy atom. The Morgan fingerprint density at radius 2 is 1.61 bits per heavy atom. The summed E-state index contributed by atoms with van der Waals surface area (Å²) in [4.78, 5) is 2.41. The Bertz CT molecular complexity index is 241. The van der Waals surface area contributed by atoms with Crippen LogP contribution in [0.15, 0.2) is 0 Å². The molecular weight excluding hydrogens is 230 g/mol. The van der Waals surface area contributed by atoms with Crippen LogP contribution in [0.2, 0.25) is 0 Å². The van der Waals surface area contributed by atoms with Crippen molar-refractivity contribution in [1.82, 2.24) is 4.90 Å². The van der Waals surface area contributed by atoms with E-state index in [1.54, 1.807) is 14.2 Å². The van der Waals surface area contributed by atoms with E-state index in [-0.39, 0.29) is 17.6 Å². The molecule has 18 heavy (non-hydrogen) atoms. The molecule has 2 rings (SSSR count). The van der Waals surface area contributed by atoms with Crippen molar-refractivity contribution in [1.29, 1.82) is 0 Å². The number of aliphatic hydroxyl groups excluding tert-OH is 1. The van der Waals surface area contributed by atoms with Crippen LogP contribution in [0.3, 0.4) is 0 Å². The first-order chi connectivity index (χ1) is 8.73. The fraction of sp³-hybridized carbons (Fsp3) is 1.00. The molecular formula is C14H27NO3. The molecule has 1 aliphatic heterocycles. The molecule has 0 bridgehead atoms. The van der Waals surface area contributed by atoms with Crippen LogP contribution in [0.5, 0.6) is 0 Å². The number of likely N-dealkylation sites (tertiary alicyclic amines) is 1. The third-order valence-electron chi connectivity index (χ3n) is 4.71. The standard InChI is InChI=1S/C14H27NO3/c1-17-12-8-15(9-13(12)18-2)10-14(11-16)6-4-3-5-7-14/h12-13,16H,3-11H2,1-2H3. The molecule has 1 saturated carbocycles. The maximum Gasteiger partial charge on any atom is 0.0971 e. The molecule has 2 unspecified atom stereocenters. The Balaban J connectivity index is 1.92. The van der Waals surface area contributed by atoms with E-state index in [0.29, 0.717) is 6.61 Å². The van der Waals surface area contributed by atoms with E-state index in [0.717, 1.165) is 32.5 Å². The van der Waals surface area contributed by atoms with Crippen LogP contribution in [0.4, 0.5) is 0 Å². The molecule has 0 amide bonds. The molecule has 0 aromatic carbocycles. The molecule has 0 aromatic heterocycles. The molecule has 4 heteroatoms. The first kappa shape index (κ1) is 14.3. The third kappa shape index (κ3) is 3.05. The average molecular weight is 257 g/mol. The average Bonchev–Trinajstić information content (AvgIpc) is 2.81. The molecule has 2 atom stereocenters. The number of hydrogen-bond acceptors (Lipinski definition) is 4. The minimum absolute atomic E-state index is 0.124. The van der Waals surface area contributed by atoms with Gasteiger partial charge in [-0.25, -0.2) is 0 Å². The van der Waals surface area contributed by atoms with Gasteiger partial charge in [-0.2, -0.15) is 0 Å². The third-order valence-corrected chi connectivity index (χ3v) is 4.71. The highest BCUT2D eigenvalue weighted by Gasteiger charge is 2.39. The molecule has 2 aliphatic rings. The van der Waals surface area contributed by atoms with Crippen LogP contribution < -0.4 is 0 Å². The van der Waals surface area contributed by atoms with Gasteiger partial charge in [-0.15, -0.1) is 0 Å². The molecule has 0 radical (unpaired) electrons. The van der Waals surface area contributed by atoms with E-state index >= 15 is 0 Å². The van der Waals surface area contributed by atoms with Crippen LogP contribution in [-0.4, -0.2) is 62.7 Å². The number of ether oxygens (including phenoxy) is 2. The maximum absolute atomic E-state index is 9.76. The number of nitrogens with zero attached hydrogens (tertiary/aromatic N) is 1. The lowest BCUT2D eigenvalue weighted by Gasteiger charge is -2.38. The molecule has 1 aliphatic carbocycles. The van der Waals surface area contributed by atoms with Crippen molar-refractivity contribution < 1.29 is 14.6 Å². The second-order valence-corrected chi connectivity index (χ2v) is 5.96. The Labute approximate surface area is 110 Å². The predicted octanol–water partition coefficient (Wildman–Crippen LogP) is 1.27. The van der Waals surface area contributed by atoms with E-state index < -0.39 is 0 Å². The van der Waals surface area contributed by atoms with E-state index in [4.69, 9.17) is 9.47 Å². The molecule has 106 valence electrons. The zero-order valence-electron chi connectivity index (χ0n) is 11.7. The summed E-state index contributed by atoms with van der Waals surface area (Å²) in [5.41, 5.74) is 0.124. The van der Waals surface area contributed by atoms with Gasteiger partial charge >= 0.3 is 0 Å². The summed E-state index contributed by atoms with van der Waals surface area (Å²) in [5, 5.41) is 9.76. The van der Waals surface area contributed by atoms with Crippen molar-refractivity contribution in [3.8, 4) is 0 Å². The van der Waals surface area contributed by atoms with E-state index in [1.807, 2.05) is 0 Å². The summed E-state index contributed by atoms with van der Waals surface area (Å²) in [6.45, 7) is 3.16. The quantitative estimate of drug-likeness (QED) is 0.805. The topological polar surface area (TPSA) is 41.9 Å². The van der Waals surface area contributed by atoms with Gasteiger partial charge in [0.2, 0.25) is 0 Å². The minimum Gasteiger partial charge on any atom is -0.396 e. The fourth-order valence-electron chi connectivity index (χ4n) is 3.54. The van der Waals surface area contributed by atoms with Gasteiger partial charge in [-0.3, -0.25) is 4.90 Å². The molecule has 1 heterocycles. The van der Waals surface area contributed by atoms with Crippen molar-refractivity contribution in [2.24, 2.45) is 5.41 Å². The lowest BCUT2D eigenvalue weighted by molar-refractivity contribution is -0.00461. The summed E-state index contributed by atoms with van der Waals surface area (Å²) in [7, 11) is 3.51. The van der Waals surface area contributed by atoms with Crippen LogP contribution in [0, 0.1) is 5.41 Å². The summed E-state index contributed by atoms with van der Waals surface area (Å²) in [6, 6.07) is 0. The predicted molar refractivity (Wildman–Crippen MR) is 70.6 cm³/mol. The van der Waals surface area contributed by atoms with E-state index in [1.165, 1.54) is 19.3 Å². The highest BCUT2D eigenvalue weighted by Crippen LogP contribution is 2.37. The molecule has 4 nitrogen and oxygen atoms in total. The molecule has 2 fully saturated rings. The van der Waals surface area contributed by atoms with Crippen molar-refractivity contribution in [2.45, 2.75) is 44.3 Å². The SMILES string of the molecule is COC1CN(CC2(CO)CCCCC2)CC1OC. The molecule has 0 aromatic rings. The first-order valence-electron chi connectivity index (χ1n) is 7.12. The summed E-state index contributed by atoms with van der Waals surface area (Å²) < 4.78 is 10.9. The van der Waals surface area contributed by atoms with Gasteiger partial charge in [0.1, 0.15) is 0 Å². The lowest BCUT2D eigenvalue weighted by atomic mass is 9.74. The van der Waals surface area contributed by atoms with Gasteiger partial charge in [0.15, 0.2) is 0 Å². The lowest BCUT2D eigenvalue weighted by Crippen LogP contribution is -2.41. The van der Waals surface area contributed by atoms with Gasteiger partial charge in [0.05, 0.1) is 12.2 Å². The molecule has 1 N–H and O–H groups in total. The Morgan fingerprint density at radius 1 is 1.06 bits per heavy atom. The highest BCUT2D eigenvalue weighted by atomic mass is 16.5. The number of hydrogen-bond donors (Lipinski definition) is 1.